The number of fused-ring (bicyclic) bond motifs is 1. The van der Waals surface area contributed by atoms with E-state index < -0.39 is 0 Å². The molecule has 0 aliphatic carbocycles. The Kier molecular flexibility index (Phi) is 5.26. The lowest BCUT2D eigenvalue weighted by atomic mass is 9.95. The van der Waals surface area contributed by atoms with Crippen LogP contribution in [0.5, 0.6) is 0 Å². The summed E-state index contributed by atoms with van der Waals surface area (Å²) < 4.78 is 5.34. The number of carbonyl (C=O) groups excluding carboxylic acids is 2. The van der Waals surface area contributed by atoms with E-state index in [-0.39, 0.29) is 17.7 Å². The minimum absolute atomic E-state index is 0.0404. The normalized spacial score (nSPS) is 20.4. The lowest BCUT2D eigenvalue weighted by Gasteiger charge is -2.36. The number of hydrogen-bond donors (Lipinski definition) is 0. The topological polar surface area (TPSA) is 75.6 Å². The number of piperidine rings is 1. The van der Waals surface area contributed by atoms with Crippen molar-refractivity contribution in [2.24, 2.45) is 5.92 Å². The van der Waals surface area contributed by atoms with Gasteiger partial charge in [-0.25, -0.2) is 9.97 Å². The van der Waals surface area contributed by atoms with E-state index >= 15 is 0 Å². The molecule has 7 heteroatoms. The Morgan fingerprint density at radius 3 is 2.46 bits per heavy atom. The van der Waals surface area contributed by atoms with Crippen LogP contribution >= 0.6 is 0 Å². The third-order valence-corrected chi connectivity index (χ3v) is 5.70. The minimum atomic E-state index is -0.124. The predicted octanol–water partition coefficient (Wildman–Crippen LogP) is 1.96. The number of morpholine rings is 1. The summed E-state index contributed by atoms with van der Waals surface area (Å²) >= 11 is 0. The summed E-state index contributed by atoms with van der Waals surface area (Å²) in [6.07, 6.45) is 1.68. The zero-order valence-corrected chi connectivity index (χ0v) is 16.5. The maximum absolute atomic E-state index is 13.1. The second kappa shape index (κ2) is 7.83. The van der Waals surface area contributed by atoms with Gasteiger partial charge in [0.1, 0.15) is 0 Å². The van der Waals surface area contributed by atoms with Crippen LogP contribution in [0.2, 0.25) is 0 Å². The molecule has 148 valence electrons. The van der Waals surface area contributed by atoms with E-state index in [4.69, 9.17) is 4.74 Å². The van der Waals surface area contributed by atoms with Gasteiger partial charge < -0.3 is 14.5 Å². The molecule has 0 saturated carbocycles. The van der Waals surface area contributed by atoms with E-state index in [1.807, 2.05) is 41.8 Å². The molecule has 7 nitrogen and oxygen atoms in total. The second-order valence-electron chi connectivity index (χ2n) is 7.63. The van der Waals surface area contributed by atoms with E-state index in [0.29, 0.717) is 45.0 Å². The maximum Gasteiger partial charge on any atom is 0.253 e. The average Bonchev–Trinajstić information content (AvgIpc) is 2.74. The van der Waals surface area contributed by atoms with Crippen LogP contribution in [0.4, 0.5) is 0 Å². The van der Waals surface area contributed by atoms with Gasteiger partial charge >= 0.3 is 0 Å². The molecule has 1 unspecified atom stereocenters. The van der Waals surface area contributed by atoms with Crippen molar-refractivity contribution in [2.45, 2.75) is 26.7 Å². The van der Waals surface area contributed by atoms with Crippen molar-refractivity contribution in [3.8, 4) is 0 Å². The summed E-state index contributed by atoms with van der Waals surface area (Å²) in [5.41, 5.74) is 3.88. The molecule has 4 rings (SSSR count). The monoisotopic (exact) mass is 382 g/mol. The molecule has 2 fully saturated rings. The number of carbonyl (C=O) groups is 2. The maximum atomic E-state index is 13.1. The molecule has 1 aromatic carbocycles. The van der Waals surface area contributed by atoms with Crippen molar-refractivity contribution >= 4 is 22.8 Å². The van der Waals surface area contributed by atoms with Crippen LogP contribution in [0.1, 0.15) is 34.6 Å². The molecular formula is C21H26N4O3. The average molecular weight is 382 g/mol. The van der Waals surface area contributed by atoms with Crippen molar-refractivity contribution in [2.75, 3.05) is 39.4 Å². The van der Waals surface area contributed by atoms with E-state index in [1.165, 1.54) is 0 Å². The van der Waals surface area contributed by atoms with Gasteiger partial charge in [-0.3, -0.25) is 9.59 Å². The van der Waals surface area contributed by atoms with Gasteiger partial charge in [-0.1, -0.05) is 0 Å². The van der Waals surface area contributed by atoms with Crippen molar-refractivity contribution in [1.29, 1.82) is 0 Å². The lowest BCUT2D eigenvalue weighted by molar-refractivity contribution is -0.141. The fourth-order valence-corrected chi connectivity index (χ4v) is 3.95. The van der Waals surface area contributed by atoms with Crippen molar-refractivity contribution in [3.05, 3.63) is 35.2 Å². The van der Waals surface area contributed by atoms with Crippen molar-refractivity contribution in [1.82, 2.24) is 19.8 Å². The van der Waals surface area contributed by atoms with E-state index in [9.17, 15) is 9.59 Å². The van der Waals surface area contributed by atoms with Gasteiger partial charge in [0.25, 0.3) is 5.91 Å². The highest BCUT2D eigenvalue weighted by Crippen LogP contribution is 2.22. The SMILES string of the molecule is Cc1nc2ccc(C(=O)N3CCCC(C(=O)N4CCOCC4)C3)cc2nc1C. The number of nitrogens with zero attached hydrogens (tertiary/aromatic N) is 4. The van der Waals surface area contributed by atoms with Gasteiger partial charge in [0, 0.05) is 31.7 Å². The van der Waals surface area contributed by atoms with Gasteiger partial charge in [-0.05, 0) is 44.9 Å². The standard InChI is InChI=1S/C21H26N4O3/c1-14-15(2)23-19-12-16(5-6-18(19)22-14)20(26)25-7-3-4-17(13-25)21(27)24-8-10-28-11-9-24/h5-6,12,17H,3-4,7-11,13H2,1-2H3. The number of hydrogen-bond acceptors (Lipinski definition) is 5. The summed E-state index contributed by atoms with van der Waals surface area (Å²) in [5.74, 6) is -0.0152. The zero-order chi connectivity index (χ0) is 19.7. The third kappa shape index (κ3) is 3.71. The van der Waals surface area contributed by atoms with Crippen LogP contribution in [0.15, 0.2) is 18.2 Å². The molecule has 0 bridgehead atoms. The summed E-state index contributed by atoms with van der Waals surface area (Å²) in [6, 6.07) is 5.47. The number of aryl methyl sites for hydroxylation is 2. The molecule has 0 N–H and O–H groups in total. The van der Waals surface area contributed by atoms with Gasteiger partial charge in [-0.15, -0.1) is 0 Å². The molecule has 28 heavy (non-hydrogen) atoms. The van der Waals surface area contributed by atoms with Gasteiger partial charge in [-0.2, -0.15) is 0 Å². The second-order valence-corrected chi connectivity index (χ2v) is 7.63. The molecule has 1 aromatic heterocycles. The van der Waals surface area contributed by atoms with Gasteiger partial charge in [0.05, 0.1) is 41.6 Å². The fourth-order valence-electron chi connectivity index (χ4n) is 3.95. The summed E-state index contributed by atoms with van der Waals surface area (Å²) in [4.78, 5) is 38.7. The molecule has 2 amide bonds. The minimum Gasteiger partial charge on any atom is -0.378 e. The number of benzene rings is 1. The Bertz CT molecular complexity index is 908. The van der Waals surface area contributed by atoms with Crippen LogP contribution in [0.25, 0.3) is 11.0 Å². The fraction of sp³-hybridized carbons (Fsp3) is 0.524. The Hall–Kier alpha value is -2.54. The highest BCUT2D eigenvalue weighted by Gasteiger charge is 2.32. The Morgan fingerprint density at radius 1 is 1.00 bits per heavy atom. The van der Waals surface area contributed by atoms with E-state index in [0.717, 1.165) is 35.3 Å². The Labute approximate surface area is 164 Å². The van der Waals surface area contributed by atoms with Crippen LogP contribution < -0.4 is 0 Å². The Balaban J connectivity index is 1.50. The number of aromatic nitrogens is 2. The first kappa shape index (κ1) is 18.8. The Morgan fingerprint density at radius 2 is 1.71 bits per heavy atom. The first-order chi connectivity index (χ1) is 13.5. The van der Waals surface area contributed by atoms with Gasteiger partial charge in [0.2, 0.25) is 5.91 Å². The molecule has 1 atom stereocenters. The number of amides is 2. The molecular weight excluding hydrogens is 356 g/mol. The number of ether oxygens (including phenoxy) is 1. The van der Waals surface area contributed by atoms with Crippen LogP contribution in [-0.4, -0.2) is 71.0 Å². The summed E-state index contributed by atoms with van der Waals surface area (Å²) in [6.45, 7) is 7.49. The molecule has 3 heterocycles. The molecule has 2 aliphatic rings. The highest BCUT2D eigenvalue weighted by atomic mass is 16.5. The summed E-state index contributed by atoms with van der Waals surface area (Å²) in [5, 5.41) is 0. The van der Waals surface area contributed by atoms with Crippen LogP contribution in [0, 0.1) is 19.8 Å². The quantitative estimate of drug-likeness (QED) is 0.794. The van der Waals surface area contributed by atoms with Crippen molar-refractivity contribution in [3.63, 3.8) is 0 Å². The molecule has 0 radical (unpaired) electrons. The number of likely N-dealkylation sites (tertiary alicyclic amines) is 1. The lowest BCUT2D eigenvalue weighted by Crippen LogP contribution is -2.49. The molecule has 0 spiro atoms. The largest absolute Gasteiger partial charge is 0.378 e. The molecule has 2 saturated heterocycles. The van der Waals surface area contributed by atoms with Crippen LogP contribution in [0.3, 0.4) is 0 Å². The first-order valence-electron chi connectivity index (χ1n) is 9.94. The predicted molar refractivity (Wildman–Crippen MR) is 105 cm³/mol. The third-order valence-electron chi connectivity index (χ3n) is 5.70. The van der Waals surface area contributed by atoms with Gasteiger partial charge in [0.15, 0.2) is 0 Å². The molecule has 2 aromatic rings. The van der Waals surface area contributed by atoms with Crippen LogP contribution in [-0.2, 0) is 9.53 Å². The first-order valence-corrected chi connectivity index (χ1v) is 9.94. The zero-order valence-electron chi connectivity index (χ0n) is 16.5. The highest BCUT2D eigenvalue weighted by molar-refractivity contribution is 5.97. The summed E-state index contributed by atoms with van der Waals surface area (Å²) in [7, 11) is 0. The van der Waals surface area contributed by atoms with Crippen molar-refractivity contribution < 1.29 is 14.3 Å². The van der Waals surface area contributed by atoms with E-state index in [2.05, 4.69) is 9.97 Å². The smallest absolute Gasteiger partial charge is 0.253 e. The van der Waals surface area contributed by atoms with E-state index in [1.54, 1.807) is 0 Å². The number of rotatable bonds is 2. The molecule has 2 aliphatic heterocycles.